The molecule has 0 unspecified atom stereocenters. The van der Waals surface area contributed by atoms with E-state index >= 15 is 0 Å². The predicted octanol–water partition coefficient (Wildman–Crippen LogP) is 5.95. The Labute approximate surface area is 163 Å². The van der Waals surface area contributed by atoms with E-state index in [0.29, 0.717) is 27.6 Å². The van der Waals surface area contributed by atoms with E-state index in [1.165, 1.54) is 0 Å². The minimum atomic E-state index is -0.0669. The number of nitrogens with zero attached hydrogens (tertiary/aromatic N) is 1. The molecular weight excluding hydrogens is 360 g/mol. The normalized spacial score (nSPS) is 12.4. The highest BCUT2D eigenvalue weighted by Crippen LogP contribution is 2.32. The van der Waals surface area contributed by atoms with Crippen LogP contribution >= 0.6 is 11.6 Å². The van der Waals surface area contributed by atoms with Crippen LogP contribution in [-0.2, 0) is 4.74 Å². The third kappa shape index (κ3) is 3.96. The molecule has 27 heavy (non-hydrogen) atoms. The Morgan fingerprint density at radius 1 is 1.26 bits per heavy atom. The SMILES string of the molecule is CC/C=C(\C=C(\C)OC)C(=O)c1c[nH]c2nccc(-c3ccc(Cl)cc3)c12. The first-order chi connectivity index (χ1) is 13.0. The van der Waals surface area contributed by atoms with Crippen molar-refractivity contribution in [2.24, 2.45) is 0 Å². The molecule has 0 atom stereocenters. The molecule has 0 aliphatic carbocycles. The number of hydrogen-bond acceptors (Lipinski definition) is 3. The maximum atomic E-state index is 13.3. The molecule has 3 aromatic rings. The molecule has 0 saturated heterocycles. The van der Waals surface area contributed by atoms with Gasteiger partial charge in [-0.1, -0.05) is 36.7 Å². The number of pyridine rings is 1. The number of H-pyrrole nitrogens is 1. The van der Waals surface area contributed by atoms with Crippen LogP contribution in [0.3, 0.4) is 0 Å². The third-order valence-corrected chi connectivity index (χ3v) is 4.59. The lowest BCUT2D eigenvalue weighted by Crippen LogP contribution is -2.02. The van der Waals surface area contributed by atoms with Crippen LogP contribution in [0.1, 0.15) is 30.6 Å². The number of nitrogens with one attached hydrogen (secondary N) is 1. The molecule has 0 aliphatic rings. The van der Waals surface area contributed by atoms with Crippen LogP contribution in [0.5, 0.6) is 0 Å². The third-order valence-electron chi connectivity index (χ3n) is 4.34. The summed E-state index contributed by atoms with van der Waals surface area (Å²) in [7, 11) is 1.59. The van der Waals surface area contributed by atoms with Crippen LogP contribution in [0.25, 0.3) is 22.2 Å². The van der Waals surface area contributed by atoms with Crippen LogP contribution in [0.15, 0.2) is 66.2 Å². The number of ether oxygens (including phenoxy) is 1. The van der Waals surface area contributed by atoms with Crippen molar-refractivity contribution in [1.29, 1.82) is 0 Å². The zero-order valence-corrected chi connectivity index (χ0v) is 16.3. The molecule has 0 amide bonds. The van der Waals surface area contributed by atoms with E-state index < -0.39 is 0 Å². The molecule has 4 nitrogen and oxygen atoms in total. The van der Waals surface area contributed by atoms with Gasteiger partial charge in [0.2, 0.25) is 0 Å². The number of aromatic nitrogens is 2. The first kappa shape index (κ1) is 18.9. The number of ketones is 1. The number of hydrogen-bond donors (Lipinski definition) is 1. The minimum absolute atomic E-state index is 0.0669. The summed E-state index contributed by atoms with van der Waals surface area (Å²) in [5, 5.41) is 1.47. The monoisotopic (exact) mass is 380 g/mol. The van der Waals surface area contributed by atoms with Crippen molar-refractivity contribution in [2.75, 3.05) is 7.11 Å². The molecule has 3 rings (SSSR count). The number of methoxy groups -OCH3 is 1. The molecule has 2 aromatic heterocycles. The fourth-order valence-corrected chi connectivity index (χ4v) is 3.10. The minimum Gasteiger partial charge on any atom is -0.501 e. The molecule has 0 radical (unpaired) electrons. The number of halogens is 1. The highest BCUT2D eigenvalue weighted by molar-refractivity contribution is 6.30. The van der Waals surface area contributed by atoms with E-state index in [-0.39, 0.29) is 5.78 Å². The average molecular weight is 381 g/mol. The number of Topliss-reactive ketones (excluding diaryl/α,β-unsaturated/α-hetero) is 1. The summed E-state index contributed by atoms with van der Waals surface area (Å²) < 4.78 is 5.22. The van der Waals surface area contributed by atoms with E-state index in [9.17, 15) is 4.79 Å². The van der Waals surface area contributed by atoms with Gasteiger partial charge in [0.05, 0.1) is 18.4 Å². The lowest BCUT2D eigenvalue weighted by molar-refractivity contribution is 0.103. The maximum Gasteiger partial charge on any atom is 0.195 e. The summed E-state index contributed by atoms with van der Waals surface area (Å²) in [6.07, 6.45) is 7.87. The van der Waals surface area contributed by atoms with Crippen molar-refractivity contribution in [2.45, 2.75) is 20.3 Å². The largest absolute Gasteiger partial charge is 0.501 e. The number of carbonyl (C=O) groups is 1. The molecule has 0 saturated carbocycles. The van der Waals surface area contributed by atoms with Crippen LogP contribution in [0.2, 0.25) is 5.02 Å². The summed E-state index contributed by atoms with van der Waals surface area (Å²) in [5.41, 5.74) is 3.77. The Balaban J connectivity index is 2.16. The Hall–Kier alpha value is -2.85. The van der Waals surface area contributed by atoms with E-state index in [2.05, 4.69) is 9.97 Å². The summed E-state index contributed by atoms with van der Waals surface area (Å²) in [6.45, 7) is 3.83. The fourth-order valence-electron chi connectivity index (χ4n) is 2.98. The number of aromatic amines is 1. The van der Waals surface area contributed by atoms with Gasteiger partial charge in [-0.05, 0) is 48.7 Å². The molecular formula is C22H21ClN2O2. The van der Waals surface area contributed by atoms with Gasteiger partial charge in [0.15, 0.2) is 5.78 Å². The van der Waals surface area contributed by atoms with Crippen molar-refractivity contribution in [1.82, 2.24) is 9.97 Å². The zero-order valence-electron chi connectivity index (χ0n) is 15.5. The van der Waals surface area contributed by atoms with Gasteiger partial charge in [0.25, 0.3) is 0 Å². The first-order valence-corrected chi connectivity index (χ1v) is 9.12. The van der Waals surface area contributed by atoms with Crippen molar-refractivity contribution in [3.05, 3.63) is 76.8 Å². The van der Waals surface area contributed by atoms with Gasteiger partial charge in [-0.15, -0.1) is 0 Å². The Morgan fingerprint density at radius 3 is 2.67 bits per heavy atom. The summed E-state index contributed by atoms with van der Waals surface area (Å²) in [4.78, 5) is 20.8. The first-order valence-electron chi connectivity index (χ1n) is 8.74. The number of carbonyl (C=O) groups excluding carboxylic acids is 1. The van der Waals surface area contributed by atoms with Gasteiger partial charge in [0, 0.05) is 28.4 Å². The van der Waals surface area contributed by atoms with Gasteiger partial charge in [0.1, 0.15) is 5.65 Å². The zero-order chi connectivity index (χ0) is 19.4. The Morgan fingerprint density at radius 2 is 2.00 bits per heavy atom. The molecule has 0 spiro atoms. The second-order valence-corrected chi connectivity index (χ2v) is 6.58. The van der Waals surface area contributed by atoms with Crippen molar-refractivity contribution in [3.8, 4) is 11.1 Å². The van der Waals surface area contributed by atoms with Gasteiger partial charge in [-0.25, -0.2) is 4.98 Å². The van der Waals surface area contributed by atoms with Gasteiger partial charge < -0.3 is 9.72 Å². The quantitative estimate of drug-likeness (QED) is 0.249. The molecule has 1 aromatic carbocycles. The van der Waals surface area contributed by atoms with Gasteiger partial charge in [-0.3, -0.25) is 4.79 Å². The molecule has 0 aliphatic heterocycles. The van der Waals surface area contributed by atoms with Crippen molar-refractivity contribution < 1.29 is 9.53 Å². The molecule has 138 valence electrons. The molecule has 2 heterocycles. The van der Waals surface area contributed by atoms with Crippen molar-refractivity contribution >= 4 is 28.4 Å². The topological polar surface area (TPSA) is 55.0 Å². The smallest absolute Gasteiger partial charge is 0.195 e. The van der Waals surface area contributed by atoms with E-state index in [1.807, 2.05) is 50.3 Å². The maximum absolute atomic E-state index is 13.3. The lowest BCUT2D eigenvalue weighted by atomic mass is 9.96. The average Bonchev–Trinajstić information content (AvgIpc) is 3.12. The highest BCUT2D eigenvalue weighted by atomic mass is 35.5. The molecule has 1 N–H and O–H groups in total. The second-order valence-electron chi connectivity index (χ2n) is 6.15. The Kier molecular flexibility index (Phi) is 5.77. The van der Waals surface area contributed by atoms with Crippen LogP contribution in [-0.4, -0.2) is 22.9 Å². The summed E-state index contributed by atoms with van der Waals surface area (Å²) in [6, 6.07) is 9.47. The van der Waals surface area contributed by atoms with Crippen LogP contribution < -0.4 is 0 Å². The van der Waals surface area contributed by atoms with Crippen molar-refractivity contribution in [3.63, 3.8) is 0 Å². The number of allylic oxidation sites excluding steroid dienone is 4. The standard InChI is InChI=1S/C22H21ClN2O2/c1-4-5-16(12-14(2)27-3)21(26)19-13-25-22-20(19)18(10-11-24-22)15-6-8-17(23)9-7-15/h5-13H,4H2,1-3H3,(H,24,25)/b14-12-,16-5+. The summed E-state index contributed by atoms with van der Waals surface area (Å²) in [5.74, 6) is 0.613. The number of benzene rings is 1. The Bertz CT molecular complexity index is 1030. The van der Waals surface area contributed by atoms with Crippen LogP contribution in [0.4, 0.5) is 0 Å². The molecule has 0 fully saturated rings. The number of rotatable bonds is 6. The van der Waals surface area contributed by atoms with E-state index in [1.54, 1.807) is 25.6 Å². The molecule has 5 heteroatoms. The second kappa shape index (κ2) is 8.23. The molecule has 0 bridgehead atoms. The van der Waals surface area contributed by atoms with E-state index in [0.717, 1.165) is 22.9 Å². The lowest BCUT2D eigenvalue weighted by Gasteiger charge is -2.08. The van der Waals surface area contributed by atoms with Gasteiger partial charge >= 0.3 is 0 Å². The van der Waals surface area contributed by atoms with E-state index in [4.69, 9.17) is 16.3 Å². The van der Waals surface area contributed by atoms with Crippen LogP contribution in [0, 0.1) is 0 Å². The fraction of sp³-hybridized carbons (Fsp3) is 0.182. The van der Waals surface area contributed by atoms with Gasteiger partial charge in [-0.2, -0.15) is 0 Å². The predicted molar refractivity (Wildman–Crippen MR) is 110 cm³/mol. The highest BCUT2D eigenvalue weighted by Gasteiger charge is 2.19. The summed E-state index contributed by atoms with van der Waals surface area (Å²) >= 11 is 6.02. The number of fused-ring (bicyclic) bond motifs is 1.